The molecule has 0 amide bonds. The first-order chi connectivity index (χ1) is 8.24. The lowest BCUT2D eigenvalue weighted by atomic mass is 10.0. The maximum absolute atomic E-state index is 6.09. The van der Waals surface area contributed by atoms with Gasteiger partial charge in [-0.2, -0.15) is 0 Å². The van der Waals surface area contributed by atoms with Gasteiger partial charge in [0.25, 0.3) is 0 Å². The molecule has 1 saturated heterocycles. The normalized spacial score (nSPS) is 20.2. The number of benzene rings is 1. The van der Waals surface area contributed by atoms with Crippen LogP contribution in [-0.4, -0.2) is 17.2 Å². The van der Waals surface area contributed by atoms with Gasteiger partial charge >= 0.3 is 0 Å². The number of fused-ring (bicyclic) bond motifs is 1. The van der Waals surface area contributed by atoms with E-state index in [1.807, 2.05) is 6.07 Å². The van der Waals surface area contributed by atoms with Gasteiger partial charge in [-0.15, -0.1) is 0 Å². The molecule has 1 aromatic carbocycles. The summed E-state index contributed by atoms with van der Waals surface area (Å²) in [6.07, 6.45) is 5.94. The van der Waals surface area contributed by atoms with Gasteiger partial charge in [-0.3, -0.25) is 0 Å². The lowest BCUT2D eigenvalue weighted by Crippen LogP contribution is -2.23. The number of rotatable bonds is 2. The molecule has 3 rings (SSSR count). The fourth-order valence-corrected chi connectivity index (χ4v) is 2.98. The number of aromatic nitrogens is 1. The van der Waals surface area contributed by atoms with Crippen molar-refractivity contribution in [3.8, 4) is 0 Å². The molecule has 2 nitrogen and oxygen atoms in total. The number of halogens is 1. The molecule has 1 aromatic heterocycles. The first kappa shape index (κ1) is 11.1. The third-order valence-electron chi connectivity index (χ3n) is 3.66. The summed E-state index contributed by atoms with van der Waals surface area (Å²) in [5.41, 5.74) is 2.67. The first-order valence-corrected chi connectivity index (χ1v) is 6.58. The lowest BCUT2D eigenvalue weighted by molar-refractivity contribution is 0.604. The Morgan fingerprint density at radius 2 is 2.35 bits per heavy atom. The fraction of sp³-hybridized carbons (Fsp3) is 0.429. The Hall–Kier alpha value is -0.990. The van der Waals surface area contributed by atoms with Crippen LogP contribution < -0.4 is 5.32 Å². The van der Waals surface area contributed by atoms with Gasteiger partial charge in [0.05, 0.1) is 0 Å². The Morgan fingerprint density at radius 1 is 1.47 bits per heavy atom. The van der Waals surface area contributed by atoms with E-state index in [4.69, 9.17) is 11.6 Å². The number of nitrogens with zero attached hydrogens (tertiary/aromatic N) is 1. The van der Waals surface area contributed by atoms with Crippen LogP contribution >= 0.6 is 11.6 Å². The van der Waals surface area contributed by atoms with E-state index in [9.17, 15) is 0 Å². The summed E-state index contributed by atoms with van der Waals surface area (Å²) < 4.78 is 2.19. The summed E-state index contributed by atoms with van der Waals surface area (Å²) in [4.78, 5) is 0. The molecule has 3 heteroatoms. The summed E-state index contributed by atoms with van der Waals surface area (Å²) >= 11 is 6.09. The summed E-state index contributed by atoms with van der Waals surface area (Å²) in [5.74, 6) is 0. The van der Waals surface area contributed by atoms with Crippen LogP contribution in [0.4, 0.5) is 0 Å². The number of nitrogens with one attached hydrogen (secondary N) is 1. The van der Waals surface area contributed by atoms with Gasteiger partial charge in [-0.1, -0.05) is 11.6 Å². The molecule has 0 aliphatic carbocycles. The predicted octanol–water partition coefficient (Wildman–Crippen LogP) is 3.13. The van der Waals surface area contributed by atoms with E-state index in [-0.39, 0.29) is 0 Å². The second-order valence-electron chi connectivity index (χ2n) is 4.92. The minimum atomic E-state index is 0.639. The van der Waals surface area contributed by atoms with Crippen molar-refractivity contribution in [3.63, 3.8) is 0 Å². The molecule has 0 bridgehead atoms. The smallest absolute Gasteiger partial charge is 0.0481 e. The predicted molar refractivity (Wildman–Crippen MR) is 72.7 cm³/mol. The van der Waals surface area contributed by atoms with Gasteiger partial charge in [0, 0.05) is 35.2 Å². The van der Waals surface area contributed by atoms with Crippen molar-refractivity contribution in [3.05, 3.63) is 35.0 Å². The summed E-state index contributed by atoms with van der Waals surface area (Å²) in [6, 6.07) is 6.78. The van der Waals surface area contributed by atoms with Gasteiger partial charge in [0.15, 0.2) is 0 Å². The second-order valence-corrected chi connectivity index (χ2v) is 5.36. The van der Waals surface area contributed by atoms with Crippen molar-refractivity contribution in [2.45, 2.75) is 25.3 Å². The van der Waals surface area contributed by atoms with E-state index in [0.29, 0.717) is 6.04 Å². The number of hydrogen-bond acceptors (Lipinski definition) is 1. The molecule has 1 aliphatic heterocycles. The summed E-state index contributed by atoms with van der Waals surface area (Å²) in [6.45, 7) is 1.16. The van der Waals surface area contributed by atoms with Crippen molar-refractivity contribution in [2.75, 3.05) is 6.54 Å². The Kier molecular flexibility index (Phi) is 2.85. The Labute approximate surface area is 107 Å². The molecule has 1 N–H and O–H groups in total. The molecule has 1 unspecified atom stereocenters. The quantitative estimate of drug-likeness (QED) is 0.864. The molecule has 1 fully saturated rings. The average Bonchev–Trinajstić information content (AvgIpc) is 2.89. The van der Waals surface area contributed by atoms with Crippen LogP contribution in [-0.2, 0) is 13.5 Å². The highest BCUT2D eigenvalue weighted by atomic mass is 35.5. The van der Waals surface area contributed by atoms with Crippen molar-refractivity contribution in [1.82, 2.24) is 9.88 Å². The molecule has 0 spiro atoms. The van der Waals surface area contributed by atoms with Gasteiger partial charge < -0.3 is 9.88 Å². The Bertz CT molecular complexity index is 538. The largest absolute Gasteiger partial charge is 0.350 e. The molecular weight excluding hydrogens is 232 g/mol. The Balaban J connectivity index is 2.00. The number of aryl methyl sites for hydroxylation is 1. The van der Waals surface area contributed by atoms with Gasteiger partial charge in [-0.05, 0) is 49.6 Å². The molecule has 90 valence electrons. The maximum atomic E-state index is 6.09. The van der Waals surface area contributed by atoms with Crippen molar-refractivity contribution in [2.24, 2.45) is 7.05 Å². The topological polar surface area (TPSA) is 17.0 Å². The zero-order valence-electron chi connectivity index (χ0n) is 10.0. The maximum Gasteiger partial charge on any atom is 0.0481 e. The second kappa shape index (κ2) is 4.35. The molecular formula is C14H17ClN2. The minimum Gasteiger partial charge on any atom is -0.350 e. The first-order valence-electron chi connectivity index (χ1n) is 6.21. The van der Waals surface area contributed by atoms with E-state index in [0.717, 1.165) is 18.0 Å². The van der Waals surface area contributed by atoms with E-state index in [1.54, 1.807) is 0 Å². The minimum absolute atomic E-state index is 0.639. The zero-order valence-corrected chi connectivity index (χ0v) is 10.8. The molecule has 2 heterocycles. The Morgan fingerprint density at radius 3 is 3.12 bits per heavy atom. The highest BCUT2D eigenvalue weighted by Crippen LogP contribution is 2.26. The highest BCUT2D eigenvalue weighted by molar-refractivity contribution is 6.31. The number of hydrogen-bond donors (Lipinski definition) is 1. The zero-order chi connectivity index (χ0) is 11.8. The summed E-state index contributed by atoms with van der Waals surface area (Å²) in [7, 11) is 2.10. The third kappa shape index (κ3) is 2.07. The lowest BCUT2D eigenvalue weighted by Gasteiger charge is -2.08. The van der Waals surface area contributed by atoms with Crippen LogP contribution in [0.1, 0.15) is 18.4 Å². The highest BCUT2D eigenvalue weighted by Gasteiger charge is 2.17. The standard InChI is InChI=1S/C14H17ClN2/c1-17-9-10(7-12-3-2-6-16-12)13-8-11(15)4-5-14(13)17/h4-5,8-9,12,16H,2-3,6-7H2,1H3. The molecule has 2 aromatic rings. The van der Waals surface area contributed by atoms with Crippen LogP contribution in [0.3, 0.4) is 0 Å². The van der Waals surface area contributed by atoms with Crippen LogP contribution in [0.5, 0.6) is 0 Å². The van der Waals surface area contributed by atoms with Crippen LogP contribution in [0.2, 0.25) is 5.02 Å². The van der Waals surface area contributed by atoms with E-state index < -0.39 is 0 Å². The van der Waals surface area contributed by atoms with E-state index >= 15 is 0 Å². The molecule has 0 radical (unpaired) electrons. The molecule has 1 aliphatic rings. The molecule has 17 heavy (non-hydrogen) atoms. The monoisotopic (exact) mass is 248 g/mol. The van der Waals surface area contributed by atoms with Crippen LogP contribution in [0.25, 0.3) is 10.9 Å². The van der Waals surface area contributed by atoms with Crippen LogP contribution in [0, 0.1) is 0 Å². The van der Waals surface area contributed by atoms with E-state index in [2.05, 4.69) is 35.3 Å². The van der Waals surface area contributed by atoms with Crippen molar-refractivity contribution in [1.29, 1.82) is 0 Å². The molecule has 1 atom stereocenters. The third-order valence-corrected chi connectivity index (χ3v) is 3.90. The van der Waals surface area contributed by atoms with Crippen molar-refractivity contribution < 1.29 is 0 Å². The van der Waals surface area contributed by atoms with Crippen LogP contribution in [0.15, 0.2) is 24.4 Å². The summed E-state index contributed by atoms with van der Waals surface area (Å²) in [5, 5.41) is 5.67. The fourth-order valence-electron chi connectivity index (χ4n) is 2.80. The van der Waals surface area contributed by atoms with E-state index in [1.165, 1.54) is 29.3 Å². The van der Waals surface area contributed by atoms with Gasteiger partial charge in [-0.25, -0.2) is 0 Å². The molecule has 0 saturated carbocycles. The SMILES string of the molecule is Cn1cc(CC2CCCN2)c2cc(Cl)ccc21. The van der Waals surface area contributed by atoms with Gasteiger partial charge in [0.2, 0.25) is 0 Å². The average molecular weight is 249 g/mol. The van der Waals surface area contributed by atoms with Gasteiger partial charge in [0.1, 0.15) is 0 Å². The van der Waals surface area contributed by atoms with Crippen molar-refractivity contribution >= 4 is 22.5 Å².